The van der Waals surface area contributed by atoms with E-state index in [2.05, 4.69) is 0 Å². The Hall–Kier alpha value is -0.750. The number of rotatable bonds is 6. The Morgan fingerprint density at radius 3 is 1.78 bits per heavy atom. The van der Waals surface area contributed by atoms with Gasteiger partial charge in [0.15, 0.2) is 0 Å². The summed E-state index contributed by atoms with van der Waals surface area (Å²) in [6.07, 6.45) is 0. The molecule has 0 unspecified atom stereocenters. The van der Waals surface area contributed by atoms with Crippen LogP contribution in [0.2, 0.25) is 0 Å². The van der Waals surface area contributed by atoms with Crippen molar-refractivity contribution in [3.05, 3.63) is 12.1 Å². The molecule has 0 heterocycles. The number of benzene rings is 1. The van der Waals surface area contributed by atoms with Crippen molar-refractivity contribution < 1.29 is 30.0 Å². The highest BCUT2D eigenvalue weighted by Gasteiger charge is 2.28. The minimum Gasteiger partial charge on any atom is -0.495 e. The highest BCUT2D eigenvalue weighted by atomic mass is 35.7. The van der Waals surface area contributed by atoms with Crippen molar-refractivity contribution in [2.45, 2.75) is 28.9 Å². The van der Waals surface area contributed by atoms with Crippen molar-refractivity contribution in [2.24, 2.45) is 0 Å². The third-order valence-electron chi connectivity index (χ3n) is 2.66. The van der Waals surface area contributed by atoms with Gasteiger partial charge in [0.1, 0.15) is 15.5 Å². The fraction of sp³-hybridized carbons (Fsp3) is 0.400. The molecular formula is C10H13Cl2NO7S3. The van der Waals surface area contributed by atoms with Crippen LogP contribution in [0.5, 0.6) is 5.75 Å². The zero-order chi connectivity index (χ0) is 18.2. The highest BCUT2D eigenvalue weighted by Crippen LogP contribution is 2.37. The van der Waals surface area contributed by atoms with Gasteiger partial charge in [0, 0.05) is 27.4 Å². The average molecular weight is 426 g/mol. The van der Waals surface area contributed by atoms with E-state index in [0.717, 1.165) is 13.2 Å². The molecule has 0 saturated carbocycles. The summed E-state index contributed by atoms with van der Waals surface area (Å²) in [6, 6.07) is 1.51. The maximum absolute atomic E-state index is 11.9. The molecule has 0 saturated heterocycles. The maximum Gasteiger partial charge on any atom is 0.265 e. The van der Waals surface area contributed by atoms with Crippen molar-refractivity contribution in [3.8, 4) is 5.75 Å². The Morgan fingerprint density at radius 1 is 0.957 bits per heavy atom. The van der Waals surface area contributed by atoms with E-state index in [0.29, 0.717) is 6.07 Å². The second-order valence-electron chi connectivity index (χ2n) is 4.57. The molecule has 132 valence electrons. The van der Waals surface area contributed by atoms with E-state index in [1.165, 1.54) is 13.8 Å². The van der Waals surface area contributed by atoms with E-state index < -0.39 is 48.9 Å². The summed E-state index contributed by atoms with van der Waals surface area (Å²) in [6.45, 7) is 2.73. The molecule has 0 amide bonds. The third kappa shape index (κ3) is 4.86. The van der Waals surface area contributed by atoms with Crippen LogP contribution in [0.25, 0.3) is 0 Å². The first kappa shape index (κ1) is 20.3. The van der Waals surface area contributed by atoms with Gasteiger partial charge in [-0.15, -0.1) is 0 Å². The molecule has 0 atom stereocenters. The van der Waals surface area contributed by atoms with Gasteiger partial charge in [-0.1, -0.05) is 0 Å². The molecule has 0 radical (unpaired) electrons. The zero-order valence-corrected chi connectivity index (χ0v) is 16.0. The van der Waals surface area contributed by atoms with Gasteiger partial charge in [-0.25, -0.2) is 25.3 Å². The van der Waals surface area contributed by atoms with Crippen LogP contribution in [-0.2, 0) is 28.1 Å². The van der Waals surface area contributed by atoms with Crippen LogP contribution in [-0.4, -0.2) is 37.6 Å². The van der Waals surface area contributed by atoms with Crippen molar-refractivity contribution in [1.82, 2.24) is 0 Å². The first-order valence-corrected chi connectivity index (χ1v) is 12.0. The normalized spacial score (nSPS) is 13.1. The lowest BCUT2D eigenvalue weighted by Crippen LogP contribution is -2.23. The zero-order valence-electron chi connectivity index (χ0n) is 12.1. The van der Waals surface area contributed by atoms with Crippen LogP contribution in [0.3, 0.4) is 0 Å². The van der Waals surface area contributed by atoms with Crippen molar-refractivity contribution in [3.63, 3.8) is 0 Å². The predicted molar refractivity (Wildman–Crippen MR) is 86.8 cm³/mol. The molecule has 13 heteroatoms. The van der Waals surface area contributed by atoms with Gasteiger partial charge in [0.25, 0.3) is 18.1 Å². The van der Waals surface area contributed by atoms with Crippen LogP contribution < -0.4 is 9.46 Å². The van der Waals surface area contributed by atoms with Crippen molar-refractivity contribution in [2.75, 3.05) is 11.8 Å². The van der Waals surface area contributed by atoms with Crippen molar-refractivity contribution in [1.29, 1.82) is 0 Å². The summed E-state index contributed by atoms with van der Waals surface area (Å²) < 4.78 is 77.0. The van der Waals surface area contributed by atoms with Gasteiger partial charge in [0.2, 0.25) is 10.0 Å². The monoisotopic (exact) mass is 425 g/mol. The standard InChI is InChI=1S/C10H13Cl2NO7S3/c1-6(2)23(18,19)13-7-4-8(20-3)10(22(12,16)17)5-9(7)21(11,14)15/h4-6,13H,1-3H3. The average Bonchev–Trinajstić information content (AvgIpc) is 2.34. The summed E-state index contributed by atoms with van der Waals surface area (Å²) in [5, 5.41) is -0.879. The number of ether oxygens (including phenoxy) is 1. The SMILES string of the molecule is COc1cc(NS(=O)(=O)C(C)C)c(S(=O)(=O)Cl)cc1S(=O)(=O)Cl. The number of hydrogen-bond acceptors (Lipinski definition) is 7. The quantitative estimate of drug-likeness (QED) is 0.687. The summed E-state index contributed by atoms with van der Waals surface area (Å²) >= 11 is 0. The molecular weight excluding hydrogens is 413 g/mol. The Balaban J connectivity index is 3.78. The Labute approximate surface area is 143 Å². The maximum atomic E-state index is 11.9. The van der Waals surface area contributed by atoms with E-state index in [1.807, 2.05) is 4.72 Å². The fourth-order valence-corrected chi connectivity index (χ4v) is 4.31. The molecule has 0 bridgehead atoms. The van der Waals surface area contributed by atoms with Gasteiger partial charge in [-0.05, 0) is 19.9 Å². The number of hydrogen-bond donors (Lipinski definition) is 1. The highest BCUT2D eigenvalue weighted by molar-refractivity contribution is 8.14. The number of anilines is 1. The molecule has 23 heavy (non-hydrogen) atoms. The van der Waals surface area contributed by atoms with Crippen LogP contribution in [0, 0.1) is 0 Å². The number of nitrogens with one attached hydrogen (secondary N) is 1. The lowest BCUT2D eigenvalue weighted by atomic mass is 10.3. The molecule has 1 aromatic carbocycles. The number of methoxy groups -OCH3 is 1. The Kier molecular flexibility index (Phi) is 5.85. The molecule has 0 aliphatic rings. The second kappa shape index (κ2) is 6.63. The van der Waals surface area contributed by atoms with Gasteiger partial charge in [-0.3, -0.25) is 4.72 Å². The summed E-state index contributed by atoms with van der Waals surface area (Å²) in [7, 11) is -1.18. The van der Waals surface area contributed by atoms with E-state index in [9.17, 15) is 25.3 Å². The summed E-state index contributed by atoms with van der Waals surface area (Å²) in [5.41, 5.74) is -0.449. The van der Waals surface area contributed by atoms with Crippen molar-refractivity contribution >= 4 is 55.2 Å². The smallest absolute Gasteiger partial charge is 0.265 e. The lowest BCUT2D eigenvalue weighted by molar-refractivity contribution is 0.403. The molecule has 1 aromatic rings. The van der Waals surface area contributed by atoms with E-state index in [4.69, 9.17) is 26.1 Å². The molecule has 0 aliphatic heterocycles. The Bertz CT molecular complexity index is 921. The number of halogens is 2. The van der Waals surface area contributed by atoms with E-state index in [1.54, 1.807) is 0 Å². The second-order valence-corrected chi connectivity index (χ2v) is 11.9. The molecule has 8 nitrogen and oxygen atoms in total. The van der Waals surface area contributed by atoms with Gasteiger partial charge in [-0.2, -0.15) is 0 Å². The van der Waals surface area contributed by atoms with Crippen LogP contribution in [0.15, 0.2) is 21.9 Å². The molecule has 0 fully saturated rings. The topological polar surface area (TPSA) is 124 Å². The van der Waals surface area contributed by atoms with Crippen LogP contribution in [0.4, 0.5) is 5.69 Å². The summed E-state index contributed by atoms with van der Waals surface area (Å²) in [4.78, 5) is -1.42. The summed E-state index contributed by atoms with van der Waals surface area (Å²) in [5.74, 6) is -0.342. The molecule has 1 rings (SSSR count). The molecule has 1 N–H and O–H groups in total. The first-order chi connectivity index (χ1) is 10.2. The third-order valence-corrected chi connectivity index (χ3v) is 7.11. The van der Waals surface area contributed by atoms with Gasteiger partial charge in [0.05, 0.1) is 18.0 Å². The van der Waals surface area contributed by atoms with E-state index in [-0.39, 0.29) is 5.75 Å². The van der Waals surface area contributed by atoms with Gasteiger partial charge >= 0.3 is 0 Å². The largest absolute Gasteiger partial charge is 0.495 e. The number of sulfonamides is 1. The molecule has 0 aliphatic carbocycles. The predicted octanol–water partition coefficient (Wildman–Crippen LogP) is 1.70. The molecule has 0 aromatic heterocycles. The van der Waals surface area contributed by atoms with Gasteiger partial charge < -0.3 is 4.74 Å². The lowest BCUT2D eigenvalue weighted by Gasteiger charge is -2.16. The Morgan fingerprint density at radius 2 is 1.43 bits per heavy atom. The fourth-order valence-electron chi connectivity index (χ4n) is 1.44. The minimum absolute atomic E-state index is 0.342. The van der Waals surface area contributed by atoms with E-state index >= 15 is 0 Å². The van der Waals surface area contributed by atoms with Crippen LogP contribution >= 0.6 is 21.4 Å². The first-order valence-electron chi connectivity index (χ1n) is 5.83. The molecule has 0 spiro atoms. The minimum atomic E-state index is -4.47. The van der Waals surface area contributed by atoms with Crippen LogP contribution in [0.1, 0.15) is 13.8 Å².